The molecule has 0 aromatic rings. The van der Waals surface area contributed by atoms with E-state index < -0.39 is 0 Å². The molecule has 0 aromatic heterocycles. The molecule has 4 heteroatoms. The average molecular weight is 172 g/mol. The van der Waals surface area contributed by atoms with Crippen molar-refractivity contribution in [2.75, 3.05) is 27.7 Å². The van der Waals surface area contributed by atoms with E-state index in [1.54, 1.807) is 0 Å². The Morgan fingerprint density at radius 1 is 1.50 bits per heavy atom. The number of carbonyl (C=O) groups excluding carboxylic acids is 1. The Morgan fingerprint density at radius 2 is 2.08 bits per heavy atom. The van der Waals surface area contributed by atoms with Crippen LogP contribution in [0.2, 0.25) is 0 Å². The second-order valence-corrected chi connectivity index (χ2v) is 4.17. The van der Waals surface area contributed by atoms with Crippen molar-refractivity contribution in [3.05, 3.63) is 0 Å². The molecule has 0 aromatic carbocycles. The molecule has 2 N–H and O–H groups in total. The van der Waals surface area contributed by atoms with E-state index in [0.717, 1.165) is 19.4 Å². The topological polar surface area (TPSA) is 46.3 Å². The van der Waals surface area contributed by atoms with Crippen LogP contribution in [0.4, 0.5) is 0 Å². The van der Waals surface area contributed by atoms with Crippen molar-refractivity contribution < 1.29 is 9.39 Å². The monoisotopic (exact) mass is 172 g/mol. The van der Waals surface area contributed by atoms with Gasteiger partial charge in [0.05, 0.1) is 21.1 Å². The van der Waals surface area contributed by atoms with Gasteiger partial charge in [0.25, 0.3) is 0 Å². The minimum absolute atomic E-state index is 0.0648. The number of quaternary nitrogens is 1. The molecule has 0 radical (unpaired) electrons. The number of hydrogen-bond donors (Lipinski definition) is 1. The first-order chi connectivity index (χ1) is 5.43. The largest absolute Gasteiger partial charge is 0.368 e. The van der Waals surface area contributed by atoms with Gasteiger partial charge in [0.1, 0.15) is 6.04 Å². The fourth-order valence-corrected chi connectivity index (χ4v) is 1.76. The van der Waals surface area contributed by atoms with Gasteiger partial charge in [0, 0.05) is 6.54 Å². The molecular weight excluding hydrogens is 154 g/mol. The number of rotatable bonds is 2. The van der Waals surface area contributed by atoms with Crippen molar-refractivity contribution in [2.24, 2.45) is 5.73 Å². The molecule has 1 rings (SSSR count). The van der Waals surface area contributed by atoms with Gasteiger partial charge in [-0.05, 0) is 12.8 Å². The molecule has 4 nitrogen and oxygen atoms in total. The van der Waals surface area contributed by atoms with Gasteiger partial charge in [-0.3, -0.25) is 4.79 Å². The number of carbonyl (C=O) groups is 1. The molecule has 0 spiro atoms. The Morgan fingerprint density at radius 3 is 2.42 bits per heavy atom. The number of primary amides is 1. The van der Waals surface area contributed by atoms with Crippen LogP contribution in [0, 0.1) is 0 Å². The molecule has 0 unspecified atom stereocenters. The standard InChI is InChI=1S/C8H17N3O/c1-11(2,3)10-6-4-5-7(10)8(9)12/h7H,4-6H2,1-3H3,(H-,9,12)/p+1/t7-/m0/s1. The number of amides is 1. The SMILES string of the molecule is C[N+](C)(C)N1CCC[C@H]1C(N)=O. The number of nitrogens with zero attached hydrogens (tertiary/aromatic N) is 2. The van der Waals surface area contributed by atoms with Crippen LogP contribution in [0.5, 0.6) is 0 Å². The summed E-state index contributed by atoms with van der Waals surface area (Å²) in [5.74, 6) is -0.194. The van der Waals surface area contributed by atoms with E-state index in [9.17, 15) is 4.79 Å². The Bertz CT molecular complexity index is 185. The zero-order valence-electron chi connectivity index (χ0n) is 8.08. The molecule has 1 atom stereocenters. The maximum Gasteiger partial charge on any atom is 0.240 e. The maximum atomic E-state index is 11.0. The highest BCUT2D eigenvalue weighted by Crippen LogP contribution is 2.20. The molecule has 0 saturated carbocycles. The van der Waals surface area contributed by atoms with Crippen molar-refractivity contribution in [2.45, 2.75) is 18.9 Å². The second kappa shape index (κ2) is 3.03. The van der Waals surface area contributed by atoms with Crippen LogP contribution in [-0.2, 0) is 4.79 Å². The van der Waals surface area contributed by atoms with Crippen molar-refractivity contribution in [3.8, 4) is 0 Å². The summed E-state index contributed by atoms with van der Waals surface area (Å²) < 4.78 is 0.688. The minimum atomic E-state index is -0.194. The fraction of sp³-hybridized carbons (Fsp3) is 0.875. The van der Waals surface area contributed by atoms with Gasteiger partial charge in [-0.15, -0.1) is 5.01 Å². The molecule has 0 aliphatic carbocycles. The van der Waals surface area contributed by atoms with Crippen LogP contribution < -0.4 is 5.73 Å². The lowest BCUT2D eigenvalue weighted by Gasteiger charge is -2.36. The summed E-state index contributed by atoms with van der Waals surface area (Å²) in [6, 6.07) is -0.0648. The molecule has 1 heterocycles. The number of hydrogen-bond acceptors (Lipinski definition) is 2. The first-order valence-corrected chi connectivity index (χ1v) is 4.31. The predicted octanol–water partition coefficient (Wildman–Crippen LogP) is -0.443. The van der Waals surface area contributed by atoms with E-state index >= 15 is 0 Å². The summed E-state index contributed by atoms with van der Waals surface area (Å²) in [5, 5.41) is 2.13. The van der Waals surface area contributed by atoms with Gasteiger partial charge in [-0.1, -0.05) is 0 Å². The Hall–Kier alpha value is -0.610. The lowest BCUT2D eigenvalue weighted by Crippen LogP contribution is -2.57. The van der Waals surface area contributed by atoms with E-state index in [4.69, 9.17) is 5.73 Å². The normalized spacial score (nSPS) is 26.1. The highest BCUT2D eigenvalue weighted by molar-refractivity contribution is 5.79. The molecule has 1 aliphatic rings. The predicted molar refractivity (Wildman–Crippen MR) is 47.0 cm³/mol. The van der Waals surface area contributed by atoms with E-state index in [1.165, 1.54) is 0 Å². The quantitative estimate of drug-likeness (QED) is 0.574. The van der Waals surface area contributed by atoms with Gasteiger partial charge in [-0.2, -0.15) is 0 Å². The van der Waals surface area contributed by atoms with E-state index in [1.807, 2.05) is 0 Å². The fourth-order valence-electron chi connectivity index (χ4n) is 1.76. The summed E-state index contributed by atoms with van der Waals surface area (Å²) in [6.45, 7) is 0.969. The zero-order chi connectivity index (χ0) is 9.35. The van der Waals surface area contributed by atoms with Crippen LogP contribution >= 0.6 is 0 Å². The van der Waals surface area contributed by atoms with E-state index in [-0.39, 0.29) is 11.9 Å². The first-order valence-electron chi connectivity index (χ1n) is 4.31. The summed E-state index contributed by atoms with van der Waals surface area (Å²) in [7, 11) is 6.17. The zero-order valence-corrected chi connectivity index (χ0v) is 8.08. The lowest BCUT2D eigenvalue weighted by molar-refractivity contribution is -0.987. The van der Waals surface area contributed by atoms with Crippen LogP contribution in [0.1, 0.15) is 12.8 Å². The molecule has 12 heavy (non-hydrogen) atoms. The molecule has 70 valence electrons. The third kappa shape index (κ3) is 1.76. The van der Waals surface area contributed by atoms with Crippen LogP contribution in [0.3, 0.4) is 0 Å². The highest BCUT2D eigenvalue weighted by atomic mass is 16.1. The molecule has 1 saturated heterocycles. The van der Waals surface area contributed by atoms with E-state index in [2.05, 4.69) is 26.2 Å². The van der Waals surface area contributed by atoms with Gasteiger partial charge in [0.2, 0.25) is 5.91 Å². The lowest BCUT2D eigenvalue weighted by atomic mass is 10.2. The van der Waals surface area contributed by atoms with Crippen LogP contribution in [0.15, 0.2) is 0 Å². The maximum absolute atomic E-state index is 11.0. The smallest absolute Gasteiger partial charge is 0.240 e. The van der Waals surface area contributed by atoms with Gasteiger partial charge < -0.3 is 5.73 Å². The van der Waals surface area contributed by atoms with Gasteiger partial charge in [-0.25, -0.2) is 4.59 Å². The average Bonchev–Trinajstić information content (AvgIpc) is 2.30. The summed E-state index contributed by atoms with van der Waals surface area (Å²) in [6.07, 6.45) is 1.98. The Labute approximate surface area is 73.5 Å². The Kier molecular flexibility index (Phi) is 2.39. The highest BCUT2D eigenvalue weighted by Gasteiger charge is 2.37. The number of nitrogens with two attached hydrogens (primary N) is 1. The van der Waals surface area contributed by atoms with E-state index in [0.29, 0.717) is 4.59 Å². The third-order valence-corrected chi connectivity index (χ3v) is 2.32. The van der Waals surface area contributed by atoms with Crippen molar-refractivity contribution in [1.82, 2.24) is 5.01 Å². The first kappa shape index (κ1) is 9.48. The molecule has 1 aliphatic heterocycles. The van der Waals surface area contributed by atoms with Gasteiger partial charge >= 0.3 is 0 Å². The summed E-state index contributed by atoms with van der Waals surface area (Å²) in [4.78, 5) is 11.0. The third-order valence-electron chi connectivity index (χ3n) is 2.32. The molecule has 1 fully saturated rings. The molecular formula is C8H18N3O+. The minimum Gasteiger partial charge on any atom is -0.368 e. The summed E-state index contributed by atoms with van der Waals surface area (Å²) >= 11 is 0. The second-order valence-electron chi connectivity index (χ2n) is 4.17. The van der Waals surface area contributed by atoms with Gasteiger partial charge in [0.15, 0.2) is 0 Å². The summed E-state index contributed by atoms with van der Waals surface area (Å²) in [5.41, 5.74) is 5.29. The molecule has 0 bridgehead atoms. The van der Waals surface area contributed by atoms with Crippen LogP contribution in [0.25, 0.3) is 0 Å². The van der Waals surface area contributed by atoms with Crippen molar-refractivity contribution in [1.29, 1.82) is 0 Å². The van der Waals surface area contributed by atoms with Crippen molar-refractivity contribution >= 4 is 5.91 Å². The van der Waals surface area contributed by atoms with Crippen molar-refractivity contribution in [3.63, 3.8) is 0 Å². The Balaban J connectivity index is 2.71. The molecule has 1 amide bonds. The van der Waals surface area contributed by atoms with Crippen LogP contribution in [-0.4, -0.2) is 49.2 Å².